The Labute approximate surface area is 108 Å². The van der Waals surface area contributed by atoms with Crippen molar-refractivity contribution < 1.29 is 13.2 Å². The summed E-state index contributed by atoms with van der Waals surface area (Å²) >= 11 is 0. The molecule has 0 aromatic heterocycles. The SMILES string of the molecule is COc1ccccc1S(=O)(=O)NC1CCCNC1. The summed E-state index contributed by atoms with van der Waals surface area (Å²) in [7, 11) is -2.05. The molecule has 1 aromatic rings. The molecule has 18 heavy (non-hydrogen) atoms. The van der Waals surface area contributed by atoms with E-state index in [0.29, 0.717) is 12.3 Å². The molecule has 1 saturated heterocycles. The van der Waals surface area contributed by atoms with Crippen LogP contribution in [-0.4, -0.2) is 34.7 Å². The second-order valence-electron chi connectivity index (χ2n) is 4.32. The van der Waals surface area contributed by atoms with Gasteiger partial charge in [0.25, 0.3) is 0 Å². The Morgan fingerprint density at radius 3 is 2.83 bits per heavy atom. The molecule has 1 fully saturated rings. The highest BCUT2D eigenvalue weighted by atomic mass is 32.2. The fourth-order valence-corrected chi connectivity index (χ4v) is 3.52. The number of para-hydroxylation sites is 1. The van der Waals surface area contributed by atoms with Crippen LogP contribution in [0.2, 0.25) is 0 Å². The molecule has 2 rings (SSSR count). The highest BCUT2D eigenvalue weighted by Gasteiger charge is 2.24. The molecule has 0 amide bonds. The molecule has 6 heteroatoms. The fraction of sp³-hybridized carbons (Fsp3) is 0.500. The summed E-state index contributed by atoms with van der Waals surface area (Å²) in [5, 5.41) is 3.18. The lowest BCUT2D eigenvalue weighted by Crippen LogP contribution is -2.45. The number of nitrogens with one attached hydrogen (secondary N) is 2. The number of benzene rings is 1. The Bertz CT molecular complexity index is 496. The Morgan fingerprint density at radius 1 is 1.39 bits per heavy atom. The van der Waals surface area contributed by atoms with Gasteiger partial charge in [-0.1, -0.05) is 12.1 Å². The third-order valence-corrected chi connectivity index (χ3v) is 4.54. The van der Waals surface area contributed by atoms with Crippen LogP contribution in [0.25, 0.3) is 0 Å². The first-order valence-electron chi connectivity index (χ1n) is 5.99. The van der Waals surface area contributed by atoms with Gasteiger partial charge in [-0.25, -0.2) is 13.1 Å². The van der Waals surface area contributed by atoms with Gasteiger partial charge in [0.05, 0.1) is 7.11 Å². The smallest absolute Gasteiger partial charge is 0.244 e. The average molecular weight is 270 g/mol. The molecule has 5 nitrogen and oxygen atoms in total. The summed E-state index contributed by atoms with van der Waals surface area (Å²) < 4.78 is 32.3. The maximum atomic E-state index is 12.3. The van der Waals surface area contributed by atoms with Crippen molar-refractivity contribution in [2.75, 3.05) is 20.2 Å². The first-order valence-corrected chi connectivity index (χ1v) is 7.48. The molecule has 1 aliphatic rings. The second-order valence-corrected chi connectivity index (χ2v) is 6.00. The van der Waals surface area contributed by atoms with E-state index in [2.05, 4.69) is 10.0 Å². The lowest BCUT2D eigenvalue weighted by molar-refractivity contribution is 0.399. The van der Waals surface area contributed by atoms with Crippen LogP contribution in [0.15, 0.2) is 29.2 Å². The van der Waals surface area contributed by atoms with Gasteiger partial charge in [0, 0.05) is 12.6 Å². The number of sulfonamides is 1. The molecule has 1 aliphatic heterocycles. The lowest BCUT2D eigenvalue weighted by atomic mass is 10.1. The second kappa shape index (κ2) is 5.69. The molecule has 0 aliphatic carbocycles. The van der Waals surface area contributed by atoms with Gasteiger partial charge >= 0.3 is 0 Å². The number of hydrogen-bond donors (Lipinski definition) is 2. The molecule has 2 N–H and O–H groups in total. The molecule has 0 radical (unpaired) electrons. The number of methoxy groups -OCH3 is 1. The van der Waals surface area contributed by atoms with Crippen LogP contribution in [0.1, 0.15) is 12.8 Å². The van der Waals surface area contributed by atoms with Crippen molar-refractivity contribution in [1.82, 2.24) is 10.0 Å². The van der Waals surface area contributed by atoms with Crippen LogP contribution in [0.4, 0.5) is 0 Å². The Balaban J connectivity index is 2.19. The zero-order chi connectivity index (χ0) is 13.0. The average Bonchev–Trinajstić information content (AvgIpc) is 2.39. The Morgan fingerprint density at radius 2 is 2.17 bits per heavy atom. The molecule has 0 spiro atoms. The number of ether oxygens (including phenoxy) is 1. The molecule has 1 unspecified atom stereocenters. The maximum absolute atomic E-state index is 12.3. The van der Waals surface area contributed by atoms with Gasteiger partial charge in [-0.3, -0.25) is 0 Å². The first kappa shape index (κ1) is 13.3. The first-order chi connectivity index (χ1) is 8.63. The lowest BCUT2D eigenvalue weighted by Gasteiger charge is -2.24. The van der Waals surface area contributed by atoms with E-state index >= 15 is 0 Å². The number of piperidine rings is 1. The largest absolute Gasteiger partial charge is 0.495 e. The third-order valence-electron chi connectivity index (χ3n) is 2.98. The summed E-state index contributed by atoms with van der Waals surface area (Å²) in [4.78, 5) is 0.193. The zero-order valence-electron chi connectivity index (χ0n) is 10.3. The molecule has 100 valence electrons. The normalized spacial score (nSPS) is 20.6. The zero-order valence-corrected chi connectivity index (χ0v) is 11.2. The van der Waals surface area contributed by atoms with E-state index in [9.17, 15) is 8.42 Å². The van der Waals surface area contributed by atoms with E-state index in [0.717, 1.165) is 19.4 Å². The van der Waals surface area contributed by atoms with Crippen LogP contribution in [0.5, 0.6) is 5.75 Å². The van der Waals surface area contributed by atoms with Gasteiger partial charge in [0.15, 0.2) is 0 Å². The molecular weight excluding hydrogens is 252 g/mol. The van der Waals surface area contributed by atoms with E-state index in [1.807, 2.05) is 0 Å². The van der Waals surface area contributed by atoms with Gasteiger partial charge in [-0.2, -0.15) is 0 Å². The van der Waals surface area contributed by atoms with Crippen LogP contribution in [-0.2, 0) is 10.0 Å². The topological polar surface area (TPSA) is 67.4 Å². The van der Waals surface area contributed by atoms with Crippen LogP contribution < -0.4 is 14.8 Å². The van der Waals surface area contributed by atoms with Crippen LogP contribution in [0, 0.1) is 0 Å². The fourth-order valence-electron chi connectivity index (χ4n) is 2.08. The quantitative estimate of drug-likeness (QED) is 0.846. The Kier molecular flexibility index (Phi) is 4.21. The molecule has 1 atom stereocenters. The summed E-state index contributed by atoms with van der Waals surface area (Å²) in [5.41, 5.74) is 0. The summed E-state index contributed by atoms with van der Waals surface area (Å²) in [6.45, 7) is 1.63. The maximum Gasteiger partial charge on any atom is 0.244 e. The predicted molar refractivity (Wildman–Crippen MR) is 69.2 cm³/mol. The van der Waals surface area contributed by atoms with E-state index in [1.165, 1.54) is 7.11 Å². The summed E-state index contributed by atoms with van der Waals surface area (Å²) in [6, 6.07) is 6.59. The van der Waals surface area contributed by atoms with Gasteiger partial charge < -0.3 is 10.1 Å². The van der Waals surface area contributed by atoms with Crippen LogP contribution >= 0.6 is 0 Å². The van der Waals surface area contributed by atoms with Crippen LogP contribution in [0.3, 0.4) is 0 Å². The molecule has 1 heterocycles. The van der Waals surface area contributed by atoms with Gasteiger partial charge in [-0.05, 0) is 31.5 Å². The molecule has 1 aromatic carbocycles. The van der Waals surface area contributed by atoms with Crippen molar-refractivity contribution in [3.63, 3.8) is 0 Å². The minimum atomic E-state index is -3.52. The minimum absolute atomic E-state index is 0.0475. The van der Waals surface area contributed by atoms with Crippen molar-refractivity contribution in [2.45, 2.75) is 23.8 Å². The predicted octanol–water partition coefficient (Wildman–Crippen LogP) is 0.725. The molecular formula is C12H18N2O3S. The standard InChI is InChI=1S/C12H18N2O3S/c1-17-11-6-2-3-7-12(11)18(15,16)14-10-5-4-8-13-9-10/h2-3,6-7,10,13-14H,4-5,8-9H2,1H3. The van der Waals surface area contributed by atoms with E-state index < -0.39 is 10.0 Å². The minimum Gasteiger partial charge on any atom is -0.495 e. The van der Waals surface area contributed by atoms with Crippen molar-refractivity contribution in [3.05, 3.63) is 24.3 Å². The summed E-state index contributed by atoms with van der Waals surface area (Å²) in [5.74, 6) is 0.369. The molecule has 0 bridgehead atoms. The van der Waals surface area contributed by atoms with Gasteiger partial charge in [0.2, 0.25) is 10.0 Å². The third kappa shape index (κ3) is 3.01. The van der Waals surface area contributed by atoms with Crippen molar-refractivity contribution in [1.29, 1.82) is 0 Å². The monoisotopic (exact) mass is 270 g/mol. The van der Waals surface area contributed by atoms with Crippen molar-refractivity contribution >= 4 is 10.0 Å². The highest BCUT2D eigenvalue weighted by Crippen LogP contribution is 2.23. The van der Waals surface area contributed by atoms with Crippen molar-refractivity contribution in [2.24, 2.45) is 0 Å². The summed E-state index contributed by atoms with van der Waals surface area (Å²) in [6.07, 6.45) is 1.85. The van der Waals surface area contributed by atoms with E-state index in [4.69, 9.17) is 4.74 Å². The van der Waals surface area contributed by atoms with E-state index in [1.54, 1.807) is 24.3 Å². The highest BCUT2D eigenvalue weighted by molar-refractivity contribution is 7.89. The number of rotatable bonds is 4. The Hall–Kier alpha value is -1.11. The van der Waals surface area contributed by atoms with Gasteiger partial charge in [-0.15, -0.1) is 0 Å². The van der Waals surface area contributed by atoms with Gasteiger partial charge in [0.1, 0.15) is 10.6 Å². The number of hydrogen-bond acceptors (Lipinski definition) is 4. The molecule has 0 saturated carbocycles. The van der Waals surface area contributed by atoms with E-state index in [-0.39, 0.29) is 10.9 Å². The van der Waals surface area contributed by atoms with Crippen molar-refractivity contribution in [3.8, 4) is 5.75 Å².